The third-order valence-corrected chi connectivity index (χ3v) is 4.97. The fourth-order valence-electron chi connectivity index (χ4n) is 3.39. The van der Waals surface area contributed by atoms with Crippen LogP contribution in [0.5, 0.6) is 11.5 Å². The van der Waals surface area contributed by atoms with Crippen molar-refractivity contribution in [2.24, 2.45) is 11.3 Å². The Labute approximate surface area is 128 Å². The summed E-state index contributed by atoms with van der Waals surface area (Å²) in [5.41, 5.74) is 0.111. The number of nitrogens with zero attached hydrogens (tertiary/aromatic N) is 1. The maximum atomic E-state index is 12.5. The van der Waals surface area contributed by atoms with Gasteiger partial charge in [0.05, 0.1) is 18.6 Å². The Balaban J connectivity index is 1.69. The van der Waals surface area contributed by atoms with Gasteiger partial charge in [0, 0.05) is 13.1 Å². The minimum absolute atomic E-state index is 0.0686. The van der Waals surface area contributed by atoms with Gasteiger partial charge >= 0.3 is 5.97 Å². The highest BCUT2D eigenvalue weighted by molar-refractivity contribution is 5.97. The maximum absolute atomic E-state index is 12.5. The van der Waals surface area contributed by atoms with Gasteiger partial charge in [0.1, 0.15) is 11.5 Å². The molecule has 1 saturated heterocycles. The molecule has 6 nitrogen and oxygen atoms in total. The highest BCUT2D eigenvalue weighted by Gasteiger charge is 2.59. The fraction of sp³-hybridized carbons (Fsp3) is 0.500. The Morgan fingerprint density at radius 2 is 2.00 bits per heavy atom. The summed E-state index contributed by atoms with van der Waals surface area (Å²) in [6.07, 6.45) is 2.13. The molecule has 1 amide bonds. The van der Waals surface area contributed by atoms with Gasteiger partial charge in [-0.05, 0) is 42.9 Å². The highest BCUT2D eigenvalue weighted by Crippen LogP contribution is 2.59. The number of ether oxygens (including phenoxy) is 1. The van der Waals surface area contributed by atoms with E-state index in [-0.39, 0.29) is 28.6 Å². The molecular weight excluding hydrogens is 286 g/mol. The smallest absolute Gasteiger partial charge is 0.307 e. The number of hydrogen-bond donors (Lipinski definition) is 2. The number of phenols is 1. The highest BCUT2D eigenvalue weighted by atomic mass is 16.5. The van der Waals surface area contributed by atoms with Gasteiger partial charge in [0.2, 0.25) is 0 Å². The summed E-state index contributed by atoms with van der Waals surface area (Å²) < 4.78 is 5.08. The van der Waals surface area contributed by atoms with E-state index >= 15 is 0 Å². The lowest BCUT2D eigenvalue weighted by atomic mass is 9.90. The van der Waals surface area contributed by atoms with Gasteiger partial charge in [-0.25, -0.2) is 0 Å². The van der Waals surface area contributed by atoms with Crippen LogP contribution in [0.25, 0.3) is 0 Å². The number of carbonyl (C=O) groups is 2. The SMILES string of the molecule is COc1ccc(O)c(C(=O)N2CCC3(CC2)CC3C(=O)O)c1. The van der Waals surface area contributed by atoms with Crippen molar-refractivity contribution in [3.8, 4) is 11.5 Å². The van der Waals surface area contributed by atoms with Crippen molar-refractivity contribution >= 4 is 11.9 Å². The number of benzene rings is 1. The van der Waals surface area contributed by atoms with Crippen molar-refractivity contribution in [3.63, 3.8) is 0 Å². The summed E-state index contributed by atoms with van der Waals surface area (Å²) in [6, 6.07) is 4.57. The summed E-state index contributed by atoms with van der Waals surface area (Å²) in [5.74, 6) is -0.775. The van der Waals surface area contributed by atoms with Crippen molar-refractivity contribution in [1.29, 1.82) is 0 Å². The first-order valence-electron chi connectivity index (χ1n) is 7.36. The minimum Gasteiger partial charge on any atom is -0.507 e. The molecule has 1 atom stereocenters. The summed E-state index contributed by atoms with van der Waals surface area (Å²) in [6.45, 7) is 1.05. The number of methoxy groups -OCH3 is 1. The second kappa shape index (κ2) is 5.19. The average Bonchev–Trinajstić information content (AvgIpc) is 3.22. The minimum atomic E-state index is -0.731. The third kappa shape index (κ3) is 2.38. The average molecular weight is 305 g/mol. The number of carbonyl (C=O) groups excluding carboxylic acids is 1. The van der Waals surface area contributed by atoms with Gasteiger partial charge in [-0.1, -0.05) is 0 Å². The van der Waals surface area contributed by atoms with E-state index in [0.29, 0.717) is 31.7 Å². The lowest BCUT2D eigenvalue weighted by Gasteiger charge is -2.32. The topological polar surface area (TPSA) is 87.1 Å². The number of amides is 1. The van der Waals surface area contributed by atoms with E-state index in [1.807, 2.05) is 0 Å². The first-order chi connectivity index (χ1) is 10.5. The molecule has 2 fully saturated rings. The van der Waals surface area contributed by atoms with Gasteiger partial charge in [-0.3, -0.25) is 9.59 Å². The van der Waals surface area contributed by atoms with E-state index in [2.05, 4.69) is 0 Å². The number of rotatable bonds is 3. The number of carboxylic acid groups (broad SMARTS) is 1. The van der Waals surface area contributed by atoms with Gasteiger partial charge in [0.25, 0.3) is 5.91 Å². The van der Waals surface area contributed by atoms with Crippen molar-refractivity contribution in [2.75, 3.05) is 20.2 Å². The van der Waals surface area contributed by atoms with Crippen LogP contribution in [0.2, 0.25) is 0 Å². The Hall–Kier alpha value is -2.24. The van der Waals surface area contributed by atoms with E-state index in [1.54, 1.807) is 11.0 Å². The number of likely N-dealkylation sites (tertiary alicyclic amines) is 1. The molecule has 3 rings (SSSR count). The molecule has 0 aromatic heterocycles. The number of carboxylic acids is 1. The molecule has 0 bridgehead atoms. The summed E-state index contributed by atoms with van der Waals surface area (Å²) in [4.78, 5) is 25.3. The monoisotopic (exact) mass is 305 g/mol. The molecule has 1 saturated carbocycles. The molecule has 1 unspecified atom stereocenters. The standard InChI is InChI=1S/C16H19NO5/c1-22-10-2-3-13(18)11(8-10)14(19)17-6-4-16(5-7-17)9-12(16)15(20)21/h2-3,8,12,18H,4-7,9H2,1H3,(H,20,21). The first-order valence-corrected chi connectivity index (χ1v) is 7.36. The number of aliphatic carboxylic acids is 1. The normalized spacial score (nSPS) is 22.4. The largest absolute Gasteiger partial charge is 0.507 e. The van der Waals surface area contributed by atoms with E-state index in [0.717, 1.165) is 6.42 Å². The molecule has 1 aliphatic carbocycles. The van der Waals surface area contributed by atoms with Crippen LogP contribution in [-0.2, 0) is 4.79 Å². The first kappa shape index (κ1) is 14.7. The molecule has 0 radical (unpaired) electrons. The zero-order chi connectivity index (χ0) is 15.9. The van der Waals surface area contributed by atoms with Gasteiger partial charge in [-0.2, -0.15) is 0 Å². The van der Waals surface area contributed by atoms with Crippen molar-refractivity contribution in [1.82, 2.24) is 4.90 Å². The predicted octanol–water partition coefficient (Wildman–Crippen LogP) is 1.73. The van der Waals surface area contributed by atoms with E-state index in [9.17, 15) is 14.7 Å². The Bertz CT molecular complexity index is 619. The fourth-order valence-corrected chi connectivity index (χ4v) is 3.39. The number of phenolic OH excluding ortho intramolecular Hbond substituents is 1. The van der Waals surface area contributed by atoms with Gasteiger partial charge in [-0.15, -0.1) is 0 Å². The van der Waals surface area contributed by atoms with Crippen LogP contribution in [-0.4, -0.2) is 47.2 Å². The van der Waals surface area contributed by atoms with Gasteiger partial charge in [0.15, 0.2) is 0 Å². The number of aromatic hydroxyl groups is 1. The summed E-state index contributed by atoms with van der Waals surface area (Å²) in [5, 5.41) is 19.0. The van der Waals surface area contributed by atoms with Crippen LogP contribution in [0.4, 0.5) is 0 Å². The zero-order valence-electron chi connectivity index (χ0n) is 12.4. The molecular formula is C16H19NO5. The molecule has 1 aromatic rings. The third-order valence-electron chi connectivity index (χ3n) is 4.97. The Morgan fingerprint density at radius 1 is 1.32 bits per heavy atom. The quantitative estimate of drug-likeness (QED) is 0.888. The molecule has 1 spiro atoms. The van der Waals surface area contributed by atoms with Crippen molar-refractivity contribution < 1.29 is 24.5 Å². The predicted molar refractivity (Wildman–Crippen MR) is 78.0 cm³/mol. The zero-order valence-corrected chi connectivity index (χ0v) is 12.4. The number of piperidine rings is 1. The molecule has 2 N–H and O–H groups in total. The Kier molecular flexibility index (Phi) is 3.47. The molecule has 118 valence electrons. The van der Waals surface area contributed by atoms with Crippen molar-refractivity contribution in [3.05, 3.63) is 23.8 Å². The second-order valence-electron chi connectivity index (χ2n) is 6.13. The van der Waals surface area contributed by atoms with Crippen LogP contribution in [0, 0.1) is 11.3 Å². The lowest BCUT2D eigenvalue weighted by molar-refractivity contribution is -0.139. The summed E-state index contributed by atoms with van der Waals surface area (Å²) >= 11 is 0. The lowest BCUT2D eigenvalue weighted by Crippen LogP contribution is -2.40. The van der Waals surface area contributed by atoms with Crippen molar-refractivity contribution in [2.45, 2.75) is 19.3 Å². The van der Waals surface area contributed by atoms with Gasteiger partial charge < -0.3 is 19.8 Å². The molecule has 2 aliphatic rings. The maximum Gasteiger partial charge on any atom is 0.307 e. The second-order valence-corrected chi connectivity index (χ2v) is 6.13. The molecule has 1 aromatic carbocycles. The molecule has 6 heteroatoms. The summed E-state index contributed by atoms with van der Waals surface area (Å²) in [7, 11) is 1.50. The number of hydrogen-bond acceptors (Lipinski definition) is 4. The molecule has 1 heterocycles. The van der Waals surface area contributed by atoms with Crippen LogP contribution in [0.3, 0.4) is 0 Å². The van der Waals surface area contributed by atoms with E-state index in [1.165, 1.54) is 19.2 Å². The molecule has 1 aliphatic heterocycles. The van der Waals surface area contributed by atoms with E-state index < -0.39 is 5.97 Å². The van der Waals surface area contributed by atoms with Crippen LogP contribution in [0.15, 0.2) is 18.2 Å². The van der Waals surface area contributed by atoms with Crippen LogP contribution < -0.4 is 4.74 Å². The van der Waals surface area contributed by atoms with E-state index in [4.69, 9.17) is 9.84 Å². The Morgan fingerprint density at radius 3 is 2.55 bits per heavy atom. The van der Waals surface area contributed by atoms with Crippen LogP contribution >= 0.6 is 0 Å². The molecule has 22 heavy (non-hydrogen) atoms. The van der Waals surface area contributed by atoms with Crippen LogP contribution in [0.1, 0.15) is 29.6 Å².